The monoisotopic (exact) mass is 722 g/mol. The molecule has 0 atom stereocenters. The van der Waals surface area contributed by atoms with Crippen molar-refractivity contribution in [3.8, 4) is 0 Å². The summed E-state index contributed by atoms with van der Waals surface area (Å²) in [5.74, 6) is 0. The van der Waals surface area contributed by atoms with Gasteiger partial charge in [0.1, 0.15) is 22.3 Å². The van der Waals surface area contributed by atoms with E-state index in [0.717, 1.165) is 66.0 Å². The summed E-state index contributed by atoms with van der Waals surface area (Å²) in [6.07, 6.45) is 0. The smallest absolute Gasteiger partial charge is 0.137 e. The van der Waals surface area contributed by atoms with Crippen LogP contribution in [0.3, 0.4) is 0 Å². The maximum Gasteiger partial charge on any atom is 0.137 e. The maximum atomic E-state index is 6.82. The van der Waals surface area contributed by atoms with E-state index < -0.39 is 0 Å². The average molecular weight is 723 g/mol. The van der Waals surface area contributed by atoms with E-state index in [1.54, 1.807) is 0 Å². The van der Waals surface area contributed by atoms with Crippen molar-refractivity contribution in [3.63, 3.8) is 0 Å². The van der Waals surface area contributed by atoms with Gasteiger partial charge in [0.2, 0.25) is 0 Å². The minimum Gasteiger partial charge on any atom is -0.456 e. The van der Waals surface area contributed by atoms with Crippen LogP contribution in [0.2, 0.25) is 0 Å². The molecule has 0 bridgehead atoms. The highest BCUT2D eigenvalue weighted by atomic mass is 16.3. The first-order chi connectivity index (χ1) is 27.3. The molecule has 4 heteroatoms. The van der Waals surface area contributed by atoms with Gasteiger partial charge in [-0.15, -0.1) is 0 Å². The molecule has 4 nitrogen and oxygen atoms in total. The molecule has 0 saturated heterocycles. The second-order valence-electron chi connectivity index (χ2n) is 16.5. The number of para-hydroxylation sites is 4. The fourth-order valence-electron chi connectivity index (χ4n) is 10.0. The Balaban J connectivity index is 1.13. The third-order valence-electron chi connectivity index (χ3n) is 12.8. The third kappa shape index (κ3) is 4.08. The fourth-order valence-corrected chi connectivity index (χ4v) is 10.0. The minimum absolute atomic E-state index is 0.214. The van der Waals surface area contributed by atoms with Crippen LogP contribution in [0.15, 0.2) is 167 Å². The summed E-state index contributed by atoms with van der Waals surface area (Å²) in [6.45, 7) is 9.36. The molecule has 0 aliphatic carbocycles. The summed E-state index contributed by atoms with van der Waals surface area (Å²) in [4.78, 5) is 4.86. The van der Waals surface area contributed by atoms with Gasteiger partial charge in [0.25, 0.3) is 0 Å². The molecule has 10 aromatic rings. The van der Waals surface area contributed by atoms with Crippen molar-refractivity contribution in [2.75, 3.05) is 9.80 Å². The third-order valence-corrected chi connectivity index (χ3v) is 12.8. The van der Waals surface area contributed by atoms with Crippen LogP contribution < -0.4 is 9.80 Å². The number of hydrogen-bond acceptors (Lipinski definition) is 4. The Bertz CT molecular complexity index is 3040. The van der Waals surface area contributed by atoms with Gasteiger partial charge in [-0.2, -0.15) is 0 Å². The Kier molecular flexibility index (Phi) is 6.15. The molecule has 2 aliphatic heterocycles. The normalized spacial score (nSPS) is 15.4. The summed E-state index contributed by atoms with van der Waals surface area (Å²) in [5, 5.41) is 6.69. The molecule has 0 saturated carbocycles. The van der Waals surface area contributed by atoms with Crippen LogP contribution in [-0.4, -0.2) is 0 Å². The molecule has 2 aromatic heterocycles. The van der Waals surface area contributed by atoms with Gasteiger partial charge in [-0.3, -0.25) is 0 Å². The van der Waals surface area contributed by atoms with E-state index in [9.17, 15) is 0 Å². The SMILES string of the molecule is CC1(C)c2ccccc2N(c2ccccc2)c2c1ccc1oc3cc4cc5c(cc4cc3c21)oc1ccc2c(c15)N(c1ccccc1)c1ccccc1C2(C)C. The number of fused-ring (bicyclic) bond motifs is 13. The highest BCUT2D eigenvalue weighted by molar-refractivity contribution is 6.21. The highest BCUT2D eigenvalue weighted by Gasteiger charge is 2.40. The molecule has 12 rings (SSSR count). The lowest BCUT2D eigenvalue weighted by molar-refractivity contribution is 0.631. The number of furan rings is 2. The fraction of sp³-hybridized carbons (Fsp3) is 0.115. The molecule has 2 aliphatic rings. The van der Waals surface area contributed by atoms with E-state index in [4.69, 9.17) is 8.83 Å². The predicted molar refractivity (Wildman–Crippen MR) is 232 cm³/mol. The molecular weight excluding hydrogens is 685 g/mol. The summed E-state index contributed by atoms with van der Waals surface area (Å²) < 4.78 is 13.6. The van der Waals surface area contributed by atoms with Gasteiger partial charge in [0.15, 0.2) is 0 Å². The van der Waals surface area contributed by atoms with Crippen molar-refractivity contribution in [1.82, 2.24) is 0 Å². The zero-order valence-electron chi connectivity index (χ0n) is 31.7. The van der Waals surface area contributed by atoms with Gasteiger partial charge in [-0.1, -0.05) is 113 Å². The molecule has 0 spiro atoms. The van der Waals surface area contributed by atoms with E-state index >= 15 is 0 Å². The number of benzene rings is 8. The molecule has 0 radical (unpaired) electrons. The number of nitrogens with zero attached hydrogens (tertiary/aromatic N) is 2. The summed E-state index contributed by atoms with van der Waals surface area (Å²) >= 11 is 0. The van der Waals surface area contributed by atoms with E-state index in [0.29, 0.717) is 0 Å². The molecule has 0 N–H and O–H groups in total. The van der Waals surface area contributed by atoms with E-state index in [1.165, 1.54) is 45.0 Å². The summed E-state index contributed by atoms with van der Waals surface area (Å²) in [5.41, 5.74) is 15.3. The Morgan fingerprint density at radius 3 is 1.20 bits per heavy atom. The lowest BCUT2D eigenvalue weighted by Gasteiger charge is -2.42. The topological polar surface area (TPSA) is 32.8 Å². The number of hydrogen-bond donors (Lipinski definition) is 0. The van der Waals surface area contributed by atoms with Crippen molar-refractivity contribution >= 4 is 88.8 Å². The van der Waals surface area contributed by atoms with E-state index in [2.05, 4.69) is 195 Å². The first kappa shape index (κ1) is 31.6. The molecule has 4 heterocycles. The Morgan fingerprint density at radius 2 is 0.768 bits per heavy atom. The summed E-state index contributed by atoms with van der Waals surface area (Å²) in [7, 11) is 0. The molecule has 0 fully saturated rings. The number of rotatable bonds is 2. The van der Waals surface area contributed by atoms with Crippen LogP contribution in [0.4, 0.5) is 34.1 Å². The lowest BCUT2D eigenvalue weighted by atomic mass is 9.73. The summed E-state index contributed by atoms with van der Waals surface area (Å²) in [6, 6.07) is 57.0. The molecule has 0 unspecified atom stereocenters. The van der Waals surface area contributed by atoms with E-state index in [-0.39, 0.29) is 10.8 Å². The zero-order chi connectivity index (χ0) is 37.5. The van der Waals surface area contributed by atoms with Gasteiger partial charge in [-0.05, 0) is 106 Å². The standard InChI is InChI=1S/C52H38N2O2/c1-51(2)37-19-11-13-21-41(37)53(33-15-7-5-8-16-33)49-39(51)23-25-43-47(49)35-27-31-30-46-36(28-32(31)29-45(35)55-43)48-44(56-46)26-24-40-50(48)54(34-17-9-6-10-18-34)42-22-14-12-20-38(42)52(40,3)4/h5-30H,1-4H3. The first-order valence-corrected chi connectivity index (χ1v) is 19.5. The average Bonchev–Trinajstić information content (AvgIpc) is 3.77. The molecule has 8 aromatic carbocycles. The predicted octanol–water partition coefficient (Wildman–Crippen LogP) is 14.9. The van der Waals surface area contributed by atoms with Gasteiger partial charge < -0.3 is 18.6 Å². The van der Waals surface area contributed by atoms with Crippen molar-refractivity contribution in [2.24, 2.45) is 0 Å². The molecular formula is C52H38N2O2. The maximum absolute atomic E-state index is 6.82. The Morgan fingerprint density at radius 1 is 0.375 bits per heavy atom. The van der Waals surface area contributed by atoms with Crippen LogP contribution in [0, 0.1) is 0 Å². The number of anilines is 6. The largest absolute Gasteiger partial charge is 0.456 e. The van der Waals surface area contributed by atoms with E-state index in [1.807, 2.05) is 0 Å². The van der Waals surface area contributed by atoms with Crippen molar-refractivity contribution in [2.45, 2.75) is 38.5 Å². The second kappa shape index (κ2) is 10.9. The Labute approximate surface area is 324 Å². The van der Waals surface area contributed by atoms with Crippen LogP contribution in [0.25, 0.3) is 54.6 Å². The zero-order valence-corrected chi connectivity index (χ0v) is 31.7. The quantitative estimate of drug-likeness (QED) is 0.178. The molecule has 268 valence electrons. The van der Waals surface area contributed by atoms with Crippen LogP contribution in [-0.2, 0) is 10.8 Å². The molecule has 56 heavy (non-hydrogen) atoms. The Hall–Kier alpha value is -6.78. The van der Waals surface area contributed by atoms with Crippen LogP contribution in [0.1, 0.15) is 49.9 Å². The van der Waals surface area contributed by atoms with Crippen molar-refractivity contribution in [1.29, 1.82) is 0 Å². The molecule has 0 amide bonds. The van der Waals surface area contributed by atoms with Gasteiger partial charge in [-0.25, -0.2) is 0 Å². The van der Waals surface area contributed by atoms with Crippen molar-refractivity contribution in [3.05, 3.63) is 180 Å². The highest BCUT2D eigenvalue weighted by Crippen LogP contribution is 2.57. The second-order valence-corrected chi connectivity index (χ2v) is 16.5. The van der Waals surface area contributed by atoms with Gasteiger partial charge >= 0.3 is 0 Å². The van der Waals surface area contributed by atoms with Crippen molar-refractivity contribution < 1.29 is 8.83 Å². The van der Waals surface area contributed by atoms with Crippen LogP contribution >= 0.6 is 0 Å². The van der Waals surface area contributed by atoms with Gasteiger partial charge in [0.05, 0.1) is 33.5 Å². The van der Waals surface area contributed by atoms with Crippen LogP contribution in [0.5, 0.6) is 0 Å². The van der Waals surface area contributed by atoms with Gasteiger partial charge in [0, 0.05) is 33.0 Å². The lowest BCUT2D eigenvalue weighted by Crippen LogP contribution is -2.30. The minimum atomic E-state index is -0.214. The first-order valence-electron chi connectivity index (χ1n) is 19.5.